The zero-order valence-electron chi connectivity index (χ0n) is 11.9. The smallest absolute Gasteiger partial charge is 0.270 e. The Balaban J connectivity index is 1.65. The van der Waals surface area contributed by atoms with Gasteiger partial charge in [-0.3, -0.25) is 9.89 Å². The van der Waals surface area contributed by atoms with E-state index in [4.69, 9.17) is 5.73 Å². The number of aryl methyl sites for hydroxylation is 1. The molecule has 0 unspecified atom stereocenters. The predicted molar refractivity (Wildman–Crippen MR) is 77.7 cm³/mol. The maximum atomic E-state index is 12.1. The second kappa shape index (κ2) is 5.09. The number of aromatic amines is 1. The molecule has 2 aromatic rings. The zero-order valence-corrected chi connectivity index (χ0v) is 11.9. The summed E-state index contributed by atoms with van der Waals surface area (Å²) in [4.78, 5) is 16.2. The van der Waals surface area contributed by atoms with E-state index in [-0.39, 0.29) is 12.5 Å². The van der Waals surface area contributed by atoms with E-state index in [1.165, 1.54) is 0 Å². The number of aliphatic hydroxyl groups is 1. The van der Waals surface area contributed by atoms with Gasteiger partial charge in [0, 0.05) is 17.6 Å². The average molecular weight is 289 g/mol. The number of rotatable bonds is 4. The number of hydrogen-bond donors (Lipinski definition) is 4. The van der Waals surface area contributed by atoms with Gasteiger partial charge in [0.25, 0.3) is 5.91 Å². The summed E-state index contributed by atoms with van der Waals surface area (Å²) in [6, 6.07) is 1.71. The van der Waals surface area contributed by atoms with Crippen LogP contribution in [-0.4, -0.2) is 44.9 Å². The van der Waals surface area contributed by atoms with E-state index in [2.05, 4.69) is 20.5 Å². The summed E-state index contributed by atoms with van der Waals surface area (Å²) in [7, 11) is 0. The Morgan fingerprint density at radius 3 is 3.10 bits per heavy atom. The van der Waals surface area contributed by atoms with Gasteiger partial charge in [-0.25, -0.2) is 4.98 Å². The lowest BCUT2D eigenvalue weighted by Gasteiger charge is -2.43. The van der Waals surface area contributed by atoms with Gasteiger partial charge in [-0.15, -0.1) is 0 Å². The van der Waals surface area contributed by atoms with Crippen LogP contribution in [0.25, 0.3) is 10.9 Å². The molecule has 0 saturated heterocycles. The molecule has 2 heterocycles. The first-order chi connectivity index (χ1) is 10.0. The molecular formula is C14H19N5O2. The Labute approximate surface area is 121 Å². The van der Waals surface area contributed by atoms with Crippen molar-refractivity contribution < 1.29 is 9.90 Å². The SMILES string of the molecule is Cc1[nH]nc2cnc(C(=O)NCC3(O)CC(CN)C3)cc12. The number of fused-ring (bicyclic) bond motifs is 1. The Bertz CT molecular complexity index is 675. The largest absolute Gasteiger partial charge is 0.388 e. The summed E-state index contributed by atoms with van der Waals surface area (Å²) in [5.74, 6) is 0.0667. The van der Waals surface area contributed by atoms with E-state index in [9.17, 15) is 9.90 Å². The van der Waals surface area contributed by atoms with Crippen LogP contribution in [0.1, 0.15) is 29.0 Å². The number of amides is 1. The minimum atomic E-state index is -0.824. The molecule has 1 saturated carbocycles. The standard InChI is InChI=1S/C14H19N5O2/c1-8-10-2-11(16-6-12(10)19-18-8)13(20)17-7-14(21)3-9(4-14)5-15/h2,6,9,21H,3-5,7,15H2,1H3,(H,17,20)(H,18,19). The predicted octanol–water partition coefficient (Wildman–Crippen LogP) is 0.0959. The number of carbonyl (C=O) groups excluding carboxylic acids is 1. The van der Waals surface area contributed by atoms with E-state index in [1.807, 2.05) is 6.92 Å². The molecule has 21 heavy (non-hydrogen) atoms. The first-order valence-corrected chi connectivity index (χ1v) is 7.02. The second-order valence-electron chi connectivity index (χ2n) is 5.85. The summed E-state index contributed by atoms with van der Waals surface area (Å²) < 4.78 is 0. The molecule has 112 valence electrons. The van der Waals surface area contributed by atoms with E-state index in [1.54, 1.807) is 12.3 Å². The Morgan fingerprint density at radius 1 is 1.62 bits per heavy atom. The minimum Gasteiger partial charge on any atom is -0.388 e. The number of aromatic nitrogens is 3. The van der Waals surface area contributed by atoms with Crippen molar-refractivity contribution in [2.45, 2.75) is 25.4 Å². The van der Waals surface area contributed by atoms with Crippen molar-refractivity contribution in [3.63, 3.8) is 0 Å². The fourth-order valence-electron chi connectivity index (χ4n) is 2.83. The quantitative estimate of drug-likeness (QED) is 0.636. The molecule has 7 heteroatoms. The highest BCUT2D eigenvalue weighted by atomic mass is 16.3. The van der Waals surface area contributed by atoms with Crippen LogP contribution in [0, 0.1) is 12.8 Å². The third kappa shape index (κ3) is 2.62. The van der Waals surface area contributed by atoms with Gasteiger partial charge in [0.1, 0.15) is 11.2 Å². The average Bonchev–Trinajstić information content (AvgIpc) is 2.82. The van der Waals surface area contributed by atoms with Gasteiger partial charge in [-0.2, -0.15) is 5.10 Å². The van der Waals surface area contributed by atoms with Gasteiger partial charge in [-0.05, 0) is 38.3 Å². The van der Waals surface area contributed by atoms with Crippen molar-refractivity contribution in [2.75, 3.05) is 13.1 Å². The first kappa shape index (κ1) is 14.0. The highest BCUT2D eigenvalue weighted by molar-refractivity contribution is 5.96. The fraction of sp³-hybridized carbons (Fsp3) is 0.500. The van der Waals surface area contributed by atoms with Crippen molar-refractivity contribution in [3.8, 4) is 0 Å². The van der Waals surface area contributed by atoms with Crippen LogP contribution in [0.5, 0.6) is 0 Å². The Kier molecular flexibility index (Phi) is 3.38. The maximum absolute atomic E-state index is 12.1. The molecule has 0 bridgehead atoms. The number of pyridine rings is 1. The number of carbonyl (C=O) groups is 1. The van der Waals surface area contributed by atoms with Crippen LogP contribution in [0.2, 0.25) is 0 Å². The molecule has 0 aromatic carbocycles. The van der Waals surface area contributed by atoms with Crippen LogP contribution in [0.3, 0.4) is 0 Å². The molecule has 0 aliphatic heterocycles. The van der Waals surface area contributed by atoms with Crippen molar-refractivity contribution >= 4 is 16.8 Å². The number of hydrogen-bond acceptors (Lipinski definition) is 5. The maximum Gasteiger partial charge on any atom is 0.270 e. The Hall–Kier alpha value is -1.99. The molecule has 1 aliphatic rings. The van der Waals surface area contributed by atoms with Crippen LogP contribution in [0.15, 0.2) is 12.3 Å². The Morgan fingerprint density at radius 2 is 2.38 bits per heavy atom. The molecule has 0 spiro atoms. The highest BCUT2D eigenvalue weighted by Crippen LogP contribution is 2.36. The molecule has 1 amide bonds. The number of nitrogens with zero attached hydrogens (tertiary/aromatic N) is 2. The third-order valence-electron chi connectivity index (χ3n) is 4.11. The summed E-state index contributed by atoms with van der Waals surface area (Å²) >= 11 is 0. The lowest BCUT2D eigenvalue weighted by Crippen LogP contribution is -2.53. The van der Waals surface area contributed by atoms with Gasteiger partial charge < -0.3 is 16.2 Å². The number of nitrogens with two attached hydrogens (primary N) is 1. The third-order valence-corrected chi connectivity index (χ3v) is 4.11. The molecule has 0 radical (unpaired) electrons. The van der Waals surface area contributed by atoms with Gasteiger partial charge in [-0.1, -0.05) is 0 Å². The lowest BCUT2D eigenvalue weighted by molar-refractivity contribution is -0.0665. The van der Waals surface area contributed by atoms with E-state index in [0.717, 1.165) is 16.6 Å². The summed E-state index contributed by atoms with van der Waals surface area (Å²) in [5.41, 5.74) is 6.66. The zero-order chi connectivity index (χ0) is 15.0. The van der Waals surface area contributed by atoms with E-state index < -0.39 is 5.60 Å². The molecular weight excluding hydrogens is 270 g/mol. The van der Waals surface area contributed by atoms with Crippen molar-refractivity contribution in [1.29, 1.82) is 0 Å². The number of nitrogens with one attached hydrogen (secondary N) is 2. The van der Waals surface area contributed by atoms with Crippen LogP contribution < -0.4 is 11.1 Å². The van der Waals surface area contributed by atoms with E-state index in [0.29, 0.717) is 31.0 Å². The van der Waals surface area contributed by atoms with Gasteiger partial charge in [0.05, 0.1) is 11.8 Å². The van der Waals surface area contributed by atoms with E-state index >= 15 is 0 Å². The molecule has 2 aromatic heterocycles. The highest BCUT2D eigenvalue weighted by Gasteiger charge is 2.41. The topological polar surface area (TPSA) is 117 Å². The normalized spacial score (nSPS) is 24.8. The number of H-pyrrole nitrogens is 1. The summed E-state index contributed by atoms with van der Waals surface area (Å²) in [5, 5.41) is 20.7. The van der Waals surface area contributed by atoms with Gasteiger partial charge in [0.2, 0.25) is 0 Å². The molecule has 5 N–H and O–H groups in total. The molecule has 0 atom stereocenters. The van der Waals surface area contributed by atoms with Crippen molar-refractivity contribution in [2.24, 2.45) is 11.7 Å². The second-order valence-corrected chi connectivity index (χ2v) is 5.85. The lowest BCUT2D eigenvalue weighted by atomic mass is 9.71. The monoisotopic (exact) mass is 289 g/mol. The van der Waals surface area contributed by atoms with Crippen molar-refractivity contribution in [1.82, 2.24) is 20.5 Å². The van der Waals surface area contributed by atoms with Crippen LogP contribution in [-0.2, 0) is 0 Å². The minimum absolute atomic E-state index is 0.229. The molecule has 1 fully saturated rings. The first-order valence-electron chi connectivity index (χ1n) is 7.02. The molecule has 1 aliphatic carbocycles. The fourth-order valence-corrected chi connectivity index (χ4v) is 2.83. The van der Waals surface area contributed by atoms with Crippen LogP contribution in [0.4, 0.5) is 0 Å². The van der Waals surface area contributed by atoms with Crippen molar-refractivity contribution in [3.05, 3.63) is 23.7 Å². The van der Waals surface area contributed by atoms with Gasteiger partial charge >= 0.3 is 0 Å². The van der Waals surface area contributed by atoms with Gasteiger partial charge in [0.15, 0.2) is 0 Å². The molecule has 3 rings (SSSR count). The van der Waals surface area contributed by atoms with Crippen LogP contribution >= 0.6 is 0 Å². The summed E-state index contributed by atoms with van der Waals surface area (Å²) in [6.45, 7) is 2.70. The summed E-state index contributed by atoms with van der Waals surface area (Å²) in [6.07, 6.45) is 2.84. The molecule has 7 nitrogen and oxygen atoms in total.